The molecule has 3 aromatic rings. The number of aryl methyl sites for hydroxylation is 1. The first kappa shape index (κ1) is 15.2. The maximum atomic E-state index is 12.6. The number of nitrogens with one attached hydrogen (secondary N) is 2. The van der Waals surface area contributed by atoms with E-state index in [0.717, 1.165) is 27.9 Å². The van der Waals surface area contributed by atoms with Crippen LogP contribution in [0.5, 0.6) is 0 Å². The van der Waals surface area contributed by atoms with E-state index in [4.69, 9.17) is 11.6 Å². The van der Waals surface area contributed by atoms with Crippen LogP contribution in [-0.4, -0.2) is 20.2 Å². The first-order chi connectivity index (χ1) is 11.1. The Morgan fingerprint density at radius 2 is 1.96 bits per heavy atom. The molecule has 0 aliphatic carbocycles. The highest BCUT2D eigenvalue weighted by atomic mass is 35.5. The molecule has 23 heavy (non-hydrogen) atoms. The second kappa shape index (κ2) is 6.22. The normalized spacial score (nSPS) is 11.7. The summed E-state index contributed by atoms with van der Waals surface area (Å²) in [5.74, 6) is 0. The summed E-state index contributed by atoms with van der Waals surface area (Å²) in [6.07, 6.45) is 8.58. The molecule has 5 nitrogen and oxygen atoms in total. The van der Waals surface area contributed by atoms with Crippen LogP contribution in [0, 0.1) is 6.92 Å². The molecule has 6 heteroatoms. The first-order valence-corrected chi connectivity index (χ1v) is 7.46. The van der Waals surface area contributed by atoms with Crippen LogP contribution >= 0.6 is 11.6 Å². The fraction of sp³-hybridized carbons (Fsp3) is 0.118. The predicted octanol–water partition coefficient (Wildman–Crippen LogP) is 3.74. The van der Waals surface area contributed by atoms with E-state index >= 15 is 0 Å². The van der Waals surface area contributed by atoms with Crippen LogP contribution in [0.4, 0.5) is 0 Å². The Morgan fingerprint density at radius 3 is 2.57 bits per heavy atom. The van der Waals surface area contributed by atoms with E-state index < -0.39 is 0 Å². The molecule has 0 bridgehead atoms. The zero-order valence-corrected chi connectivity index (χ0v) is 13.5. The Morgan fingerprint density at radius 1 is 1.22 bits per heavy atom. The lowest BCUT2D eigenvalue weighted by Crippen LogP contribution is -2.14. The van der Waals surface area contributed by atoms with Gasteiger partial charge in [0, 0.05) is 46.0 Å². The number of aromatic nitrogens is 4. The van der Waals surface area contributed by atoms with Crippen molar-refractivity contribution >= 4 is 17.7 Å². The number of hydrogen-bond donors (Lipinski definition) is 2. The van der Waals surface area contributed by atoms with Crippen LogP contribution in [0.1, 0.15) is 18.2 Å². The fourth-order valence-electron chi connectivity index (χ4n) is 2.60. The van der Waals surface area contributed by atoms with E-state index in [1.807, 2.05) is 25.1 Å². The van der Waals surface area contributed by atoms with E-state index in [9.17, 15) is 4.79 Å². The van der Waals surface area contributed by atoms with Gasteiger partial charge in [-0.2, -0.15) is 5.10 Å². The Kier molecular flexibility index (Phi) is 4.12. The van der Waals surface area contributed by atoms with Gasteiger partial charge in [0.25, 0.3) is 5.56 Å². The maximum Gasteiger partial charge on any atom is 0.256 e. The number of aromatic amines is 2. The predicted molar refractivity (Wildman–Crippen MR) is 92.1 cm³/mol. The lowest BCUT2D eigenvalue weighted by atomic mass is 9.92. The molecule has 3 rings (SSSR count). The van der Waals surface area contributed by atoms with Crippen molar-refractivity contribution in [1.29, 1.82) is 0 Å². The molecule has 0 fully saturated rings. The van der Waals surface area contributed by atoms with Gasteiger partial charge in [-0.1, -0.05) is 11.6 Å². The highest BCUT2D eigenvalue weighted by Crippen LogP contribution is 2.34. The summed E-state index contributed by atoms with van der Waals surface area (Å²) in [7, 11) is 0. The quantitative estimate of drug-likeness (QED) is 0.770. The third-order valence-corrected chi connectivity index (χ3v) is 3.66. The van der Waals surface area contributed by atoms with Gasteiger partial charge in [0.05, 0.1) is 11.8 Å². The SMILES string of the molecule is C/C(Cl)=C\c1c(C)[nH]c(=O)c(-c2cn[nH]c2)c1-c1ccncc1. The smallest absolute Gasteiger partial charge is 0.256 e. The zero-order valence-electron chi connectivity index (χ0n) is 12.7. The number of pyridine rings is 2. The Balaban J connectivity index is 2.45. The van der Waals surface area contributed by atoms with Crippen LogP contribution in [0.3, 0.4) is 0 Å². The van der Waals surface area contributed by atoms with Gasteiger partial charge in [0.15, 0.2) is 0 Å². The fourth-order valence-corrected chi connectivity index (χ4v) is 2.71. The van der Waals surface area contributed by atoms with Gasteiger partial charge < -0.3 is 4.98 Å². The topological polar surface area (TPSA) is 74.4 Å². The summed E-state index contributed by atoms with van der Waals surface area (Å²) < 4.78 is 0. The average Bonchev–Trinajstić information content (AvgIpc) is 3.04. The van der Waals surface area contributed by atoms with Crippen LogP contribution in [0.25, 0.3) is 28.3 Å². The molecule has 0 saturated heterocycles. The molecule has 0 aliphatic heterocycles. The molecule has 0 radical (unpaired) electrons. The van der Waals surface area contributed by atoms with E-state index in [1.165, 1.54) is 0 Å². The van der Waals surface area contributed by atoms with E-state index in [1.54, 1.807) is 31.7 Å². The molecule has 0 atom stereocenters. The summed E-state index contributed by atoms with van der Waals surface area (Å²) in [6, 6.07) is 3.75. The minimum absolute atomic E-state index is 0.167. The van der Waals surface area contributed by atoms with Crippen LogP contribution < -0.4 is 5.56 Å². The molecular formula is C17H15ClN4O. The largest absolute Gasteiger partial charge is 0.325 e. The Labute approximate surface area is 138 Å². The molecular weight excluding hydrogens is 312 g/mol. The second-order valence-corrected chi connectivity index (χ2v) is 5.79. The van der Waals surface area contributed by atoms with Crippen molar-refractivity contribution in [2.45, 2.75) is 13.8 Å². The zero-order chi connectivity index (χ0) is 16.4. The lowest BCUT2D eigenvalue weighted by Gasteiger charge is -2.14. The van der Waals surface area contributed by atoms with Gasteiger partial charge in [0.1, 0.15) is 0 Å². The second-order valence-electron chi connectivity index (χ2n) is 5.20. The van der Waals surface area contributed by atoms with Crippen molar-refractivity contribution in [2.75, 3.05) is 0 Å². The summed E-state index contributed by atoms with van der Waals surface area (Å²) in [5.41, 5.74) is 4.46. The van der Waals surface area contributed by atoms with Crippen molar-refractivity contribution in [1.82, 2.24) is 20.2 Å². The molecule has 0 amide bonds. The first-order valence-electron chi connectivity index (χ1n) is 7.08. The van der Waals surface area contributed by atoms with Gasteiger partial charge in [-0.25, -0.2) is 0 Å². The highest BCUT2D eigenvalue weighted by molar-refractivity contribution is 6.31. The summed E-state index contributed by atoms with van der Waals surface area (Å²) >= 11 is 6.10. The van der Waals surface area contributed by atoms with E-state index in [0.29, 0.717) is 10.6 Å². The van der Waals surface area contributed by atoms with Crippen molar-refractivity contribution in [3.05, 3.63) is 63.6 Å². The third kappa shape index (κ3) is 2.96. The number of nitrogens with zero attached hydrogens (tertiary/aromatic N) is 2. The number of halogens is 1. The molecule has 116 valence electrons. The molecule has 0 unspecified atom stereocenters. The molecule has 3 aromatic heterocycles. The Bertz CT molecular complexity index is 908. The van der Waals surface area contributed by atoms with Gasteiger partial charge in [-0.3, -0.25) is 14.9 Å². The number of hydrogen-bond acceptors (Lipinski definition) is 3. The molecule has 0 aromatic carbocycles. The molecule has 0 spiro atoms. The Hall–Kier alpha value is -2.66. The third-order valence-electron chi connectivity index (χ3n) is 3.55. The standard InChI is InChI=1S/C17H15ClN4O/c1-10(18)7-14-11(2)22-17(23)16(13-8-20-21-9-13)15(14)12-3-5-19-6-4-12/h3-9H,1-2H3,(H,20,21)(H,22,23)/b10-7+. The molecule has 2 N–H and O–H groups in total. The van der Waals surface area contributed by atoms with Gasteiger partial charge in [-0.05, 0) is 37.6 Å². The van der Waals surface area contributed by atoms with Crippen molar-refractivity contribution in [2.24, 2.45) is 0 Å². The van der Waals surface area contributed by atoms with Crippen molar-refractivity contribution < 1.29 is 0 Å². The number of rotatable bonds is 3. The van der Waals surface area contributed by atoms with Gasteiger partial charge in [-0.15, -0.1) is 0 Å². The number of H-pyrrole nitrogens is 2. The van der Waals surface area contributed by atoms with Crippen molar-refractivity contribution in [3.63, 3.8) is 0 Å². The summed E-state index contributed by atoms with van der Waals surface area (Å²) in [6.45, 7) is 3.66. The highest BCUT2D eigenvalue weighted by Gasteiger charge is 2.18. The van der Waals surface area contributed by atoms with Gasteiger partial charge >= 0.3 is 0 Å². The van der Waals surface area contributed by atoms with Crippen LogP contribution in [0.15, 0.2) is 46.7 Å². The minimum Gasteiger partial charge on any atom is -0.325 e. The van der Waals surface area contributed by atoms with Crippen molar-refractivity contribution in [3.8, 4) is 22.3 Å². The number of allylic oxidation sites excluding steroid dienone is 1. The molecule has 0 saturated carbocycles. The molecule has 3 heterocycles. The minimum atomic E-state index is -0.167. The molecule has 0 aliphatic rings. The van der Waals surface area contributed by atoms with Gasteiger partial charge in [0.2, 0.25) is 0 Å². The average molecular weight is 327 g/mol. The summed E-state index contributed by atoms with van der Waals surface area (Å²) in [5, 5.41) is 7.34. The summed E-state index contributed by atoms with van der Waals surface area (Å²) in [4.78, 5) is 19.6. The van der Waals surface area contributed by atoms with Crippen LogP contribution in [0.2, 0.25) is 0 Å². The lowest BCUT2D eigenvalue weighted by molar-refractivity contribution is 1.09. The van der Waals surface area contributed by atoms with E-state index in [-0.39, 0.29) is 5.56 Å². The monoisotopic (exact) mass is 326 g/mol. The maximum absolute atomic E-state index is 12.6. The van der Waals surface area contributed by atoms with E-state index in [2.05, 4.69) is 20.2 Å². The van der Waals surface area contributed by atoms with Crippen LogP contribution in [-0.2, 0) is 0 Å².